The molecule has 0 aliphatic rings. The molecule has 0 spiro atoms. The number of benzene rings is 2. The molecule has 7 heteroatoms. The Kier molecular flexibility index (Phi) is 6.76. The largest absolute Gasteiger partial charge is 0.395 e. The molecule has 3 N–H and O–H groups in total. The van der Waals surface area contributed by atoms with Crippen molar-refractivity contribution in [3.63, 3.8) is 0 Å². The fraction of sp³-hybridized carbons (Fsp3) is 0.238. The fourth-order valence-corrected chi connectivity index (χ4v) is 4.02. The van der Waals surface area contributed by atoms with E-state index in [0.717, 1.165) is 22.9 Å². The van der Waals surface area contributed by atoms with E-state index >= 15 is 0 Å². The van der Waals surface area contributed by atoms with Crippen molar-refractivity contribution in [1.29, 1.82) is 0 Å². The van der Waals surface area contributed by atoms with Gasteiger partial charge in [0.05, 0.1) is 11.5 Å². The van der Waals surface area contributed by atoms with E-state index in [1.54, 1.807) is 16.4 Å². The number of aliphatic hydroxyl groups excluding tert-OH is 1. The van der Waals surface area contributed by atoms with Crippen molar-refractivity contribution in [3.8, 4) is 0 Å². The smallest absolute Gasteiger partial charge is 0.284 e. The summed E-state index contributed by atoms with van der Waals surface area (Å²) in [7, 11) is 0. The first kappa shape index (κ1) is 20.0. The summed E-state index contributed by atoms with van der Waals surface area (Å²) < 4.78 is 0.878. The van der Waals surface area contributed by atoms with Gasteiger partial charge >= 0.3 is 0 Å². The quantitative estimate of drug-likeness (QED) is 0.401. The lowest BCUT2D eigenvalue weighted by Gasteiger charge is -2.22. The molecule has 0 bridgehead atoms. The van der Waals surface area contributed by atoms with E-state index in [2.05, 4.69) is 0 Å². The van der Waals surface area contributed by atoms with Crippen LogP contribution in [0.25, 0.3) is 10.1 Å². The Balaban J connectivity index is 1.73. The maximum atomic E-state index is 12.7. The molecular weight excluding hydrogens is 376 g/mol. The van der Waals surface area contributed by atoms with E-state index in [4.69, 9.17) is 5.21 Å². The van der Waals surface area contributed by atoms with E-state index in [0.29, 0.717) is 17.0 Å². The SMILES string of the molecule is O=C(NO)c1cc2cc(N(CCO)C(=O)CCCc3ccccc3)ccc2s1. The van der Waals surface area contributed by atoms with Gasteiger partial charge in [-0.2, -0.15) is 0 Å². The number of nitrogens with zero attached hydrogens (tertiary/aromatic N) is 1. The molecule has 6 nitrogen and oxygen atoms in total. The number of aryl methyl sites for hydroxylation is 1. The van der Waals surface area contributed by atoms with Gasteiger partial charge in [0.15, 0.2) is 0 Å². The van der Waals surface area contributed by atoms with Crippen LogP contribution in [-0.2, 0) is 11.2 Å². The van der Waals surface area contributed by atoms with Crippen LogP contribution in [0.5, 0.6) is 0 Å². The van der Waals surface area contributed by atoms with Gasteiger partial charge in [-0.25, -0.2) is 5.48 Å². The van der Waals surface area contributed by atoms with Crippen molar-refractivity contribution >= 4 is 38.9 Å². The van der Waals surface area contributed by atoms with Crippen LogP contribution in [0.2, 0.25) is 0 Å². The third-order valence-corrected chi connectivity index (χ3v) is 5.58. The summed E-state index contributed by atoms with van der Waals surface area (Å²) in [5.41, 5.74) is 3.50. The summed E-state index contributed by atoms with van der Waals surface area (Å²) in [6, 6.07) is 17.2. The first-order valence-corrected chi connectivity index (χ1v) is 9.87. The number of hydrogen-bond acceptors (Lipinski definition) is 5. The lowest BCUT2D eigenvalue weighted by molar-refractivity contribution is -0.118. The molecule has 3 aromatic rings. The zero-order valence-corrected chi connectivity index (χ0v) is 16.1. The lowest BCUT2D eigenvalue weighted by atomic mass is 10.1. The summed E-state index contributed by atoms with van der Waals surface area (Å²) in [5, 5.41) is 19.0. The van der Waals surface area contributed by atoms with Crippen LogP contribution in [0.4, 0.5) is 5.69 Å². The molecule has 3 rings (SSSR count). The molecule has 0 fully saturated rings. The predicted molar refractivity (Wildman–Crippen MR) is 110 cm³/mol. The average molecular weight is 398 g/mol. The van der Waals surface area contributed by atoms with Gasteiger partial charge in [-0.3, -0.25) is 14.8 Å². The van der Waals surface area contributed by atoms with Gasteiger partial charge in [-0.1, -0.05) is 30.3 Å². The topological polar surface area (TPSA) is 89.9 Å². The normalized spacial score (nSPS) is 10.8. The van der Waals surface area contributed by atoms with Crippen molar-refractivity contribution in [2.75, 3.05) is 18.1 Å². The third kappa shape index (κ3) is 4.75. The highest BCUT2D eigenvalue weighted by Crippen LogP contribution is 2.30. The summed E-state index contributed by atoms with van der Waals surface area (Å²) in [5.74, 6) is -0.611. The second-order valence-corrected chi connectivity index (χ2v) is 7.47. The molecule has 2 aromatic carbocycles. The minimum Gasteiger partial charge on any atom is -0.395 e. The molecule has 2 amide bonds. The number of nitrogens with one attached hydrogen (secondary N) is 1. The highest BCUT2D eigenvalue weighted by atomic mass is 32.1. The number of aliphatic hydroxyl groups is 1. The summed E-state index contributed by atoms with van der Waals surface area (Å²) in [4.78, 5) is 26.3. The standard InChI is InChI=1S/C21H22N2O4S/c24-12-11-23(20(25)8-4-7-15-5-2-1-3-6-15)17-9-10-18-16(13-17)14-19(28-18)21(26)22-27/h1-3,5-6,9-10,13-14,24,27H,4,7-8,11-12H2,(H,22,26). The molecule has 1 aromatic heterocycles. The number of fused-ring (bicyclic) bond motifs is 1. The molecule has 0 aliphatic carbocycles. The summed E-state index contributed by atoms with van der Waals surface area (Å²) >= 11 is 1.26. The van der Waals surface area contributed by atoms with Gasteiger partial charge in [0.1, 0.15) is 0 Å². The molecule has 0 atom stereocenters. The average Bonchev–Trinajstić information content (AvgIpc) is 3.15. The van der Waals surface area contributed by atoms with Gasteiger partial charge in [0.25, 0.3) is 5.91 Å². The van der Waals surface area contributed by atoms with Crippen LogP contribution >= 0.6 is 11.3 Å². The summed E-state index contributed by atoms with van der Waals surface area (Å²) in [6.45, 7) is 0.0774. The van der Waals surface area contributed by atoms with Gasteiger partial charge < -0.3 is 10.0 Å². The lowest BCUT2D eigenvalue weighted by Crippen LogP contribution is -2.33. The Morgan fingerprint density at radius 1 is 1.07 bits per heavy atom. The Hall–Kier alpha value is -2.74. The van der Waals surface area contributed by atoms with E-state index in [-0.39, 0.29) is 19.1 Å². The Morgan fingerprint density at radius 2 is 1.86 bits per heavy atom. The molecule has 1 heterocycles. The Bertz CT molecular complexity index is 955. The number of carbonyl (C=O) groups excluding carboxylic acids is 2. The van der Waals surface area contributed by atoms with Crippen molar-refractivity contribution < 1.29 is 19.9 Å². The molecule has 0 saturated carbocycles. The first-order valence-electron chi connectivity index (χ1n) is 9.05. The van der Waals surface area contributed by atoms with Crippen LogP contribution < -0.4 is 10.4 Å². The van der Waals surface area contributed by atoms with Gasteiger partial charge in [-0.05, 0) is 48.1 Å². The van der Waals surface area contributed by atoms with Crippen LogP contribution in [-0.4, -0.2) is 35.3 Å². The third-order valence-electron chi connectivity index (χ3n) is 4.46. The highest BCUT2D eigenvalue weighted by molar-refractivity contribution is 7.20. The minimum absolute atomic E-state index is 0.0483. The van der Waals surface area contributed by atoms with Crippen molar-refractivity contribution in [2.45, 2.75) is 19.3 Å². The molecule has 0 saturated heterocycles. The molecule has 0 unspecified atom stereocenters. The van der Waals surface area contributed by atoms with E-state index in [1.165, 1.54) is 16.9 Å². The second-order valence-electron chi connectivity index (χ2n) is 6.38. The van der Waals surface area contributed by atoms with E-state index in [9.17, 15) is 14.7 Å². The Morgan fingerprint density at radius 3 is 2.57 bits per heavy atom. The van der Waals surface area contributed by atoms with Gasteiger partial charge in [-0.15, -0.1) is 11.3 Å². The monoisotopic (exact) mass is 398 g/mol. The number of thiophene rings is 1. The number of carbonyl (C=O) groups is 2. The molecule has 0 aliphatic heterocycles. The van der Waals surface area contributed by atoms with Gasteiger partial charge in [0, 0.05) is 23.4 Å². The molecule has 0 radical (unpaired) electrons. The number of hydrogen-bond donors (Lipinski definition) is 3. The van der Waals surface area contributed by atoms with Gasteiger partial charge in [0.2, 0.25) is 5.91 Å². The number of anilines is 1. The van der Waals surface area contributed by atoms with E-state index in [1.807, 2.05) is 48.5 Å². The summed E-state index contributed by atoms with van der Waals surface area (Å²) in [6.07, 6.45) is 1.93. The van der Waals surface area contributed by atoms with Crippen LogP contribution in [0, 0.1) is 0 Å². The van der Waals surface area contributed by atoms with Crippen molar-refractivity contribution in [1.82, 2.24) is 5.48 Å². The number of hydroxylamine groups is 1. The van der Waals surface area contributed by atoms with Crippen LogP contribution in [0.3, 0.4) is 0 Å². The van der Waals surface area contributed by atoms with E-state index < -0.39 is 5.91 Å². The minimum atomic E-state index is -0.563. The second kappa shape index (κ2) is 9.45. The number of amides is 2. The Labute approximate surface area is 167 Å². The maximum Gasteiger partial charge on any atom is 0.284 e. The van der Waals surface area contributed by atoms with Crippen molar-refractivity contribution in [2.24, 2.45) is 0 Å². The maximum absolute atomic E-state index is 12.7. The fourth-order valence-electron chi connectivity index (χ4n) is 3.09. The highest BCUT2D eigenvalue weighted by Gasteiger charge is 2.17. The van der Waals surface area contributed by atoms with Crippen LogP contribution in [0.15, 0.2) is 54.6 Å². The first-order chi connectivity index (χ1) is 13.6. The molecular formula is C21H22N2O4S. The van der Waals surface area contributed by atoms with Crippen molar-refractivity contribution in [3.05, 3.63) is 65.0 Å². The zero-order valence-electron chi connectivity index (χ0n) is 15.3. The van der Waals surface area contributed by atoms with Crippen LogP contribution in [0.1, 0.15) is 28.1 Å². The molecule has 28 heavy (non-hydrogen) atoms. The number of rotatable bonds is 8. The zero-order chi connectivity index (χ0) is 19.9. The molecule has 146 valence electrons. The predicted octanol–water partition coefficient (Wildman–Crippen LogP) is 3.37.